The van der Waals surface area contributed by atoms with Gasteiger partial charge in [0.2, 0.25) is 5.88 Å². The zero-order chi connectivity index (χ0) is 18.2. The number of benzene rings is 1. The van der Waals surface area contributed by atoms with Gasteiger partial charge >= 0.3 is 0 Å². The van der Waals surface area contributed by atoms with Crippen molar-refractivity contribution in [1.82, 2.24) is 15.5 Å². The number of aliphatic hydroxyl groups excluding tert-OH is 1. The fourth-order valence-corrected chi connectivity index (χ4v) is 2.35. The lowest BCUT2D eigenvalue weighted by Gasteiger charge is -2.19. The molecule has 0 fully saturated rings. The minimum absolute atomic E-state index is 0.104. The minimum atomic E-state index is -0.679. The van der Waals surface area contributed by atoms with Gasteiger partial charge in [0.05, 0.1) is 0 Å². The average Bonchev–Trinajstić information content (AvgIpc) is 2.67. The molecule has 0 saturated heterocycles. The molecule has 0 bridgehead atoms. The van der Waals surface area contributed by atoms with Gasteiger partial charge in [-0.05, 0) is 18.2 Å². The summed E-state index contributed by atoms with van der Waals surface area (Å²) in [6.45, 7) is 2.60. The third-order valence-electron chi connectivity index (χ3n) is 3.47. The first-order valence-corrected chi connectivity index (χ1v) is 8.62. The van der Waals surface area contributed by atoms with Crippen molar-refractivity contribution in [3.63, 3.8) is 0 Å². The molecule has 0 radical (unpaired) electrons. The van der Waals surface area contributed by atoms with Gasteiger partial charge < -0.3 is 29.4 Å². The van der Waals surface area contributed by atoms with Gasteiger partial charge in [-0.15, -0.1) is 10.2 Å². The molecule has 0 aliphatic carbocycles. The number of nitrogens with one attached hydrogen (secondary N) is 1. The Balaban J connectivity index is 1.29. The highest BCUT2D eigenvalue weighted by atomic mass is 35.5. The van der Waals surface area contributed by atoms with Crippen molar-refractivity contribution >= 4 is 11.6 Å². The molecule has 140 valence electrons. The van der Waals surface area contributed by atoms with Crippen molar-refractivity contribution in [2.24, 2.45) is 0 Å². The molecular weight excluding hydrogens is 362 g/mol. The summed E-state index contributed by atoms with van der Waals surface area (Å²) >= 11 is 5.64. The van der Waals surface area contributed by atoms with E-state index in [1.807, 2.05) is 18.2 Å². The van der Waals surface area contributed by atoms with E-state index in [2.05, 4.69) is 15.5 Å². The topological polar surface area (TPSA) is 95.0 Å². The summed E-state index contributed by atoms with van der Waals surface area (Å²) in [4.78, 5) is 0. The van der Waals surface area contributed by atoms with Gasteiger partial charge in [0, 0.05) is 25.2 Å². The summed E-state index contributed by atoms with van der Waals surface area (Å²) in [7, 11) is 0. The number of hydrogen-bond acceptors (Lipinski definition) is 8. The van der Waals surface area contributed by atoms with Crippen molar-refractivity contribution in [2.45, 2.75) is 6.10 Å². The van der Waals surface area contributed by atoms with Crippen LogP contribution in [0.5, 0.6) is 23.1 Å². The normalized spacial score (nSPS) is 13.9. The fraction of sp³-hybridized carbons (Fsp3) is 0.412. The molecule has 0 amide bonds. The lowest BCUT2D eigenvalue weighted by atomic mass is 10.3. The summed E-state index contributed by atoms with van der Waals surface area (Å²) < 4.78 is 21.9. The number of nitrogens with zero attached hydrogens (tertiary/aromatic N) is 2. The first kappa shape index (κ1) is 18.5. The van der Waals surface area contributed by atoms with E-state index in [0.717, 1.165) is 5.75 Å². The summed E-state index contributed by atoms with van der Waals surface area (Å²) in [5.74, 6) is 2.45. The molecule has 0 spiro atoms. The van der Waals surface area contributed by atoms with Crippen LogP contribution in [0.1, 0.15) is 0 Å². The molecular formula is C17H20ClN3O5. The van der Waals surface area contributed by atoms with Crippen LogP contribution in [0.4, 0.5) is 0 Å². The number of hydrogen-bond donors (Lipinski definition) is 2. The Labute approximate surface area is 156 Å². The Morgan fingerprint density at radius 3 is 2.77 bits per heavy atom. The number of fused-ring (bicyclic) bond motifs is 1. The highest BCUT2D eigenvalue weighted by Gasteiger charge is 2.12. The zero-order valence-electron chi connectivity index (χ0n) is 14.1. The molecule has 1 atom stereocenters. The van der Waals surface area contributed by atoms with Gasteiger partial charge in [-0.3, -0.25) is 0 Å². The molecule has 1 aromatic heterocycles. The molecule has 9 heteroatoms. The molecule has 2 N–H and O–H groups in total. The van der Waals surface area contributed by atoms with Gasteiger partial charge in [0.1, 0.15) is 38.3 Å². The van der Waals surface area contributed by atoms with Crippen LogP contribution < -0.4 is 24.3 Å². The first-order valence-electron chi connectivity index (χ1n) is 8.24. The smallest absolute Gasteiger partial charge is 0.233 e. The predicted molar refractivity (Wildman–Crippen MR) is 94.3 cm³/mol. The number of ether oxygens (including phenoxy) is 4. The predicted octanol–water partition coefficient (Wildman–Crippen LogP) is 1.31. The van der Waals surface area contributed by atoms with Crippen molar-refractivity contribution in [1.29, 1.82) is 0 Å². The van der Waals surface area contributed by atoms with Crippen molar-refractivity contribution in [3.05, 3.63) is 35.5 Å². The van der Waals surface area contributed by atoms with Crippen LogP contribution in [-0.2, 0) is 0 Å². The number of rotatable bonds is 9. The Morgan fingerprint density at radius 1 is 1.12 bits per heavy atom. The average molecular weight is 382 g/mol. The van der Waals surface area contributed by atoms with Crippen LogP contribution >= 0.6 is 11.6 Å². The summed E-state index contributed by atoms with van der Waals surface area (Å²) in [6.07, 6.45) is -0.679. The van der Waals surface area contributed by atoms with E-state index in [9.17, 15) is 5.11 Å². The highest BCUT2D eigenvalue weighted by Crippen LogP contribution is 2.33. The van der Waals surface area contributed by atoms with Gasteiger partial charge in [-0.2, -0.15) is 0 Å². The Hall–Kier alpha value is -2.29. The molecule has 3 rings (SSSR count). The first-order chi connectivity index (χ1) is 12.7. The second kappa shape index (κ2) is 9.42. The van der Waals surface area contributed by atoms with Crippen molar-refractivity contribution in [2.75, 3.05) is 39.5 Å². The second-order valence-corrected chi connectivity index (χ2v) is 5.90. The van der Waals surface area contributed by atoms with Gasteiger partial charge in [0.15, 0.2) is 16.7 Å². The number of aromatic nitrogens is 2. The Morgan fingerprint density at radius 2 is 1.96 bits per heavy atom. The maximum absolute atomic E-state index is 9.88. The summed E-state index contributed by atoms with van der Waals surface area (Å²) in [6, 6.07) is 8.64. The van der Waals surface area contributed by atoms with Gasteiger partial charge in [-0.1, -0.05) is 11.6 Å². The minimum Gasteiger partial charge on any atom is -0.492 e. The van der Waals surface area contributed by atoms with E-state index in [-0.39, 0.29) is 11.8 Å². The second-order valence-electron chi connectivity index (χ2n) is 5.52. The zero-order valence-corrected chi connectivity index (χ0v) is 14.8. The molecule has 1 aliphatic rings. The monoisotopic (exact) mass is 381 g/mol. The van der Waals surface area contributed by atoms with Crippen LogP contribution in [0.25, 0.3) is 0 Å². The van der Waals surface area contributed by atoms with Crippen LogP contribution in [0.3, 0.4) is 0 Å². The van der Waals surface area contributed by atoms with E-state index in [4.69, 9.17) is 30.5 Å². The van der Waals surface area contributed by atoms with E-state index in [0.29, 0.717) is 50.3 Å². The van der Waals surface area contributed by atoms with E-state index in [1.54, 1.807) is 12.1 Å². The molecule has 0 saturated carbocycles. The number of halogens is 1. The molecule has 1 aliphatic heterocycles. The van der Waals surface area contributed by atoms with E-state index in [1.165, 1.54) is 0 Å². The largest absolute Gasteiger partial charge is 0.492 e. The molecule has 2 aromatic rings. The van der Waals surface area contributed by atoms with Crippen molar-refractivity contribution < 1.29 is 24.1 Å². The maximum atomic E-state index is 9.88. The quantitative estimate of drug-likeness (QED) is 0.628. The summed E-state index contributed by atoms with van der Waals surface area (Å²) in [5, 5.41) is 20.7. The van der Waals surface area contributed by atoms with Gasteiger partial charge in [0.25, 0.3) is 0 Å². The lowest BCUT2D eigenvalue weighted by molar-refractivity contribution is 0.102. The number of aliphatic hydroxyl groups is 1. The SMILES string of the molecule is OC(CNCCOc1ccc2c(c1)OCCO2)COc1ccc(Cl)nn1. The summed E-state index contributed by atoms with van der Waals surface area (Å²) in [5.41, 5.74) is 0. The van der Waals surface area contributed by atoms with Gasteiger partial charge in [-0.25, -0.2) is 0 Å². The van der Waals surface area contributed by atoms with Crippen molar-refractivity contribution in [3.8, 4) is 23.1 Å². The fourth-order valence-electron chi connectivity index (χ4n) is 2.24. The molecule has 26 heavy (non-hydrogen) atoms. The highest BCUT2D eigenvalue weighted by molar-refractivity contribution is 6.29. The lowest BCUT2D eigenvalue weighted by Crippen LogP contribution is -2.33. The Bertz CT molecular complexity index is 701. The molecule has 8 nitrogen and oxygen atoms in total. The third-order valence-corrected chi connectivity index (χ3v) is 3.67. The van der Waals surface area contributed by atoms with E-state index >= 15 is 0 Å². The third kappa shape index (κ3) is 5.62. The molecule has 1 unspecified atom stereocenters. The standard InChI is InChI=1S/C17H20ClN3O5/c18-16-3-4-17(21-20-16)26-11-12(22)10-19-5-6-23-13-1-2-14-15(9-13)25-8-7-24-14/h1-4,9,12,19,22H,5-8,10-11H2. The van der Waals surface area contributed by atoms with E-state index < -0.39 is 6.10 Å². The van der Waals surface area contributed by atoms with Crippen LogP contribution in [0, 0.1) is 0 Å². The van der Waals surface area contributed by atoms with Crippen LogP contribution in [0.15, 0.2) is 30.3 Å². The Kier molecular flexibility index (Phi) is 6.70. The molecule has 1 aromatic carbocycles. The maximum Gasteiger partial charge on any atom is 0.233 e. The molecule has 2 heterocycles. The van der Waals surface area contributed by atoms with Crippen LogP contribution in [0.2, 0.25) is 5.15 Å². The van der Waals surface area contributed by atoms with Crippen LogP contribution in [-0.4, -0.2) is 60.9 Å².